The Morgan fingerprint density at radius 1 is 1.53 bits per heavy atom. The van der Waals surface area contributed by atoms with Gasteiger partial charge in [0.25, 0.3) is 0 Å². The molecule has 1 aliphatic carbocycles. The van der Waals surface area contributed by atoms with Crippen LogP contribution >= 0.6 is 27.7 Å². The Bertz CT molecular complexity index is 484. The van der Waals surface area contributed by atoms with E-state index in [2.05, 4.69) is 44.8 Å². The first-order valence-corrected chi connectivity index (χ1v) is 8.49. The topological polar surface area (TPSA) is 41.1 Å². The first-order valence-electron chi connectivity index (χ1n) is 6.55. The van der Waals surface area contributed by atoms with Gasteiger partial charge in [-0.25, -0.2) is 0 Å². The van der Waals surface area contributed by atoms with Crippen molar-refractivity contribution in [3.8, 4) is 0 Å². The van der Waals surface area contributed by atoms with E-state index in [1.165, 1.54) is 5.56 Å². The summed E-state index contributed by atoms with van der Waals surface area (Å²) >= 11 is 5.30. The van der Waals surface area contributed by atoms with Gasteiger partial charge < -0.3 is 5.32 Å². The first kappa shape index (κ1) is 13.5. The van der Waals surface area contributed by atoms with Gasteiger partial charge in [-0.05, 0) is 30.5 Å². The molecule has 1 aromatic carbocycles. The Morgan fingerprint density at radius 3 is 3.00 bits per heavy atom. The van der Waals surface area contributed by atoms with E-state index in [1.54, 1.807) is 11.8 Å². The second-order valence-corrected chi connectivity index (χ2v) is 7.23. The molecular formula is C14H17BrN2OS. The zero-order valence-corrected chi connectivity index (χ0v) is 13.0. The van der Waals surface area contributed by atoms with Gasteiger partial charge in [0.15, 0.2) is 0 Å². The van der Waals surface area contributed by atoms with Crippen LogP contribution in [0.15, 0.2) is 28.7 Å². The van der Waals surface area contributed by atoms with Gasteiger partial charge in [0.05, 0.1) is 6.04 Å². The fraction of sp³-hybridized carbons (Fsp3) is 0.500. The summed E-state index contributed by atoms with van der Waals surface area (Å²) in [6, 6.07) is 8.42. The summed E-state index contributed by atoms with van der Waals surface area (Å²) in [5.74, 6) is 1.91. The van der Waals surface area contributed by atoms with Gasteiger partial charge in [-0.2, -0.15) is 0 Å². The molecule has 1 aromatic rings. The van der Waals surface area contributed by atoms with Crippen molar-refractivity contribution in [1.29, 1.82) is 0 Å². The van der Waals surface area contributed by atoms with Gasteiger partial charge in [0.1, 0.15) is 0 Å². The lowest BCUT2D eigenvalue weighted by Crippen LogP contribution is -2.44. The number of hydrogen-bond donors (Lipinski definition) is 2. The maximum Gasteiger partial charge on any atom is 0.238 e. The van der Waals surface area contributed by atoms with Crippen LogP contribution in [0, 0.1) is 0 Å². The molecule has 2 N–H and O–H groups in total. The lowest BCUT2D eigenvalue weighted by Gasteiger charge is -2.18. The summed E-state index contributed by atoms with van der Waals surface area (Å²) < 4.78 is 1.11. The zero-order chi connectivity index (χ0) is 13.3. The molecule has 3 rings (SSSR count). The highest BCUT2D eigenvalue weighted by molar-refractivity contribution is 9.10. The van der Waals surface area contributed by atoms with E-state index in [4.69, 9.17) is 0 Å². The number of hydrogen-bond acceptors (Lipinski definition) is 3. The molecule has 0 radical (unpaired) electrons. The second-order valence-electron chi connectivity index (χ2n) is 5.28. The summed E-state index contributed by atoms with van der Waals surface area (Å²) in [5, 5.41) is 6.32. The molecular weight excluding hydrogens is 324 g/mol. The van der Waals surface area contributed by atoms with E-state index in [-0.39, 0.29) is 17.4 Å². The number of carbonyl (C=O) groups excluding carboxylic acids is 1. The van der Waals surface area contributed by atoms with Gasteiger partial charge in [-0.1, -0.05) is 28.1 Å². The number of halogens is 1. The lowest BCUT2D eigenvalue weighted by molar-refractivity contribution is -0.122. The number of rotatable bonds is 4. The first-order chi connectivity index (χ1) is 9.20. The van der Waals surface area contributed by atoms with Crippen LogP contribution in [0.2, 0.25) is 0 Å². The fourth-order valence-electron chi connectivity index (χ4n) is 2.48. The predicted octanol–water partition coefficient (Wildman–Crippen LogP) is 2.26. The largest absolute Gasteiger partial charge is 0.354 e. The van der Waals surface area contributed by atoms with Gasteiger partial charge in [-0.15, -0.1) is 11.8 Å². The molecule has 1 saturated carbocycles. The number of carbonyl (C=O) groups is 1. The Balaban J connectivity index is 1.61. The zero-order valence-electron chi connectivity index (χ0n) is 10.6. The van der Waals surface area contributed by atoms with Crippen LogP contribution < -0.4 is 10.6 Å². The third-order valence-corrected chi connectivity index (χ3v) is 5.36. The minimum atomic E-state index is -0.0108. The number of benzene rings is 1. The molecule has 0 aromatic heterocycles. The molecule has 2 aliphatic rings. The molecule has 3 nitrogen and oxygen atoms in total. The van der Waals surface area contributed by atoms with Crippen molar-refractivity contribution in [3.63, 3.8) is 0 Å². The maximum absolute atomic E-state index is 12.0. The third-order valence-electron chi connectivity index (χ3n) is 3.92. The highest BCUT2D eigenvalue weighted by atomic mass is 79.9. The van der Waals surface area contributed by atoms with Gasteiger partial charge in [0, 0.05) is 28.1 Å². The third kappa shape index (κ3) is 2.98. The van der Waals surface area contributed by atoms with Crippen LogP contribution in [-0.4, -0.2) is 30.1 Å². The molecule has 2 fully saturated rings. The van der Waals surface area contributed by atoms with Crippen molar-refractivity contribution >= 4 is 33.6 Å². The number of nitrogens with one attached hydrogen (secondary N) is 2. The van der Waals surface area contributed by atoms with Crippen molar-refractivity contribution in [1.82, 2.24) is 10.6 Å². The van der Waals surface area contributed by atoms with Crippen LogP contribution in [0.5, 0.6) is 0 Å². The molecule has 1 aliphatic heterocycles. The summed E-state index contributed by atoms with van der Waals surface area (Å²) in [6.07, 6.45) is 2.33. The molecule has 1 heterocycles. The predicted molar refractivity (Wildman–Crippen MR) is 82.3 cm³/mol. The SMILES string of the molecule is O=C(NCC1(c2cccc(Br)c2)CC1)C1CSCN1. The molecule has 1 saturated heterocycles. The van der Waals surface area contributed by atoms with Gasteiger partial charge in [-0.3, -0.25) is 10.1 Å². The van der Waals surface area contributed by atoms with Gasteiger partial charge in [0.2, 0.25) is 5.91 Å². The average molecular weight is 341 g/mol. The van der Waals surface area contributed by atoms with Gasteiger partial charge >= 0.3 is 0 Å². The van der Waals surface area contributed by atoms with E-state index in [9.17, 15) is 4.79 Å². The highest BCUT2D eigenvalue weighted by Gasteiger charge is 2.44. The molecule has 1 atom stereocenters. The standard InChI is InChI=1S/C14H17BrN2OS/c15-11-3-1-2-10(6-11)14(4-5-14)8-16-13(18)12-7-19-9-17-12/h1-3,6,12,17H,4-5,7-9H2,(H,16,18). The van der Waals surface area contributed by atoms with Crippen LogP contribution in [0.4, 0.5) is 0 Å². The summed E-state index contributed by atoms with van der Waals surface area (Å²) in [6.45, 7) is 0.755. The summed E-state index contributed by atoms with van der Waals surface area (Å²) in [4.78, 5) is 12.0. The molecule has 102 valence electrons. The quantitative estimate of drug-likeness (QED) is 0.883. The lowest BCUT2D eigenvalue weighted by atomic mass is 9.96. The Hall–Kier alpha value is -0.520. The van der Waals surface area contributed by atoms with Crippen molar-refractivity contribution in [2.75, 3.05) is 18.2 Å². The highest BCUT2D eigenvalue weighted by Crippen LogP contribution is 2.48. The number of thioether (sulfide) groups is 1. The summed E-state index contributed by atoms with van der Waals surface area (Å²) in [5.41, 5.74) is 1.50. The van der Waals surface area contributed by atoms with Crippen LogP contribution in [0.3, 0.4) is 0 Å². The van der Waals surface area contributed by atoms with Crippen molar-refractivity contribution in [3.05, 3.63) is 34.3 Å². The van der Waals surface area contributed by atoms with Crippen LogP contribution in [0.1, 0.15) is 18.4 Å². The van der Waals surface area contributed by atoms with E-state index in [0.717, 1.165) is 35.5 Å². The normalized spacial score (nSPS) is 24.2. The van der Waals surface area contributed by atoms with E-state index in [1.807, 2.05) is 6.07 Å². The Morgan fingerprint density at radius 2 is 2.37 bits per heavy atom. The van der Waals surface area contributed by atoms with Crippen LogP contribution in [-0.2, 0) is 10.2 Å². The molecule has 0 bridgehead atoms. The molecule has 0 spiro atoms. The second kappa shape index (κ2) is 5.46. The van der Waals surface area contributed by atoms with Crippen molar-refractivity contribution < 1.29 is 4.79 Å². The molecule has 19 heavy (non-hydrogen) atoms. The Labute approximate surface area is 126 Å². The smallest absolute Gasteiger partial charge is 0.238 e. The maximum atomic E-state index is 12.0. The summed E-state index contributed by atoms with van der Waals surface area (Å²) in [7, 11) is 0. The molecule has 1 amide bonds. The minimum absolute atomic E-state index is 0.0108. The van der Waals surface area contributed by atoms with Crippen molar-refractivity contribution in [2.24, 2.45) is 0 Å². The molecule has 5 heteroatoms. The van der Waals surface area contributed by atoms with Crippen molar-refractivity contribution in [2.45, 2.75) is 24.3 Å². The van der Waals surface area contributed by atoms with E-state index in [0.29, 0.717) is 0 Å². The molecule has 1 unspecified atom stereocenters. The minimum Gasteiger partial charge on any atom is -0.354 e. The fourth-order valence-corrected chi connectivity index (χ4v) is 3.82. The number of amides is 1. The van der Waals surface area contributed by atoms with Crippen LogP contribution in [0.25, 0.3) is 0 Å². The average Bonchev–Trinajstić information content (AvgIpc) is 3.00. The monoisotopic (exact) mass is 340 g/mol. The van der Waals surface area contributed by atoms with E-state index >= 15 is 0 Å². The Kier molecular flexibility index (Phi) is 3.87. The van der Waals surface area contributed by atoms with E-state index < -0.39 is 0 Å².